The van der Waals surface area contributed by atoms with E-state index >= 15 is 0 Å². The van der Waals surface area contributed by atoms with Crippen molar-refractivity contribution in [2.75, 3.05) is 0 Å². The van der Waals surface area contributed by atoms with Crippen LogP contribution in [-0.4, -0.2) is 0 Å². The Bertz CT molecular complexity index is 166. The molecule has 0 aliphatic rings. The molecule has 0 nitrogen and oxygen atoms in total. The van der Waals surface area contributed by atoms with Gasteiger partial charge in [-0.2, -0.15) is 35.4 Å². The molecule has 0 aromatic heterocycles. The molecule has 0 atom stereocenters. The summed E-state index contributed by atoms with van der Waals surface area (Å²) in [5, 5.41) is 0. The van der Waals surface area contributed by atoms with Gasteiger partial charge in [0.05, 0.1) is 0 Å². The van der Waals surface area contributed by atoms with Crippen molar-refractivity contribution < 1.29 is 32.7 Å². The summed E-state index contributed by atoms with van der Waals surface area (Å²) >= 11 is 0. The second-order valence-corrected chi connectivity index (χ2v) is 2.43. The molecule has 0 fully saturated rings. The Morgan fingerprint density at radius 2 is 1.83 bits per heavy atom. The summed E-state index contributed by atoms with van der Waals surface area (Å²) in [5.41, 5.74) is 2.68. The third kappa shape index (κ3) is 4.37. The van der Waals surface area contributed by atoms with Crippen LogP contribution in [0.25, 0.3) is 0 Å². The fraction of sp³-hybridized carbons (Fsp3) is 0.364. The van der Waals surface area contributed by atoms with E-state index in [1.54, 1.807) is 0 Å². The Morgan fingerprint density at radius 3 is 2.17 bits per heavy atom. The van der Waals surface area contributed by atoms with Crippen LogP contribution in [0, 0.1) is 13.5 Å². The van der Waals surface area contributed by atoms with Crippen LogP contribution in [0.2, 0.25) is 0 Å². The van der Waals surface area contributed by atoms with Gasteiger partial charge < -0.3 is 7.43 Å². The first-order valence-electron chi connectivity index (χ1n) is 3.86. The first kappa shape index (κ1) is 14.8. The molecule has 0 aliphatic heterocycles. The van der Waals surface area contributed by atoms with Gasteiger partial charge in [0, 0.05) is 32.7 Å². The standard InChI is InChI=1S/C10H13.CH3.Y/c1-3-9-5-7-10(4-2)8-6-9;;/h5-7H,3-4H2,1-2H3;1H3;/q2*-1;. The van der Waals surface area contributed by atoms with Crippen molar-refractivity contribution in [3.8, 4) is 0 Å². The Hall–Kier alpha value is 0.324. The summed E-state index contributed by atoms with van der Waals surface area (Å²) < 4.78 is 0. The van der Waals surface area contributed by atoms with Crippen molar-refractivity contribution in [1.82, 2.24) is 0 Å². The second-order valence-electron chi connectivity index (χ2n) is 2.43. The van der Waals surface area contributed by atoms with Crippen molar-refractivity contribution in [2.24, 2.45) is 0 Å². The van der Waals surface area contributed by atoms with E-state index in [4.69, 9.17) is 0 Å². The number of hydrogen-bond donors (Lipinski definition) is 0. The second kappa shape index (κ2) is 7.95. The van der Waals surface area contributed by atoms with Gasteiger partial charge >= 0.3 is 0 Å². The van der Waals surface area contributed by atoms with Crippen LogP contribution in [-0.2, 0) is 45.6 Å². The SMILES string of the molecule is CCc1[c-]cc(CC)cc1.[CH3-].[Y]. The quantitative estimate of drug-likeness (QED) is 0.693. The van der Waals surface area contributed by atoms with Gasteiger partial charge in [-0.1, -0.05) is 26.7 Å². The molecule has 1 aromatic rings. The van der Waals surface area contributed by atoms with Crippen LogP contribution in [0.3, 0.4) is 0 Å². The molecular weight excluding hydrogens is 221 g/mol. The van der Waals surface area contributed by atoms with E-state index in [2.05, 4.69) is 38.1 Å². The van der Waals surface area contributed by atoms with E-state index in [0.29, 0.717) is 0 Å². The zero-order chi connectivity index (χ0) is 7.40. The molecule has 65 valence electrons. The molecule has 0 saturated heterocycles. The minimum Gasteiger partial charge on any atom is -0.358 e. The third-order valence-corrected chi connectivity index (χ3v) is 1.73. The predicted molar refractivity (Wildman–Crippen MR) is 50.4 cm³/mol. The minimum atomic E-state index is 0. The molecule has 0 N–H and O–H groups in total. The number of aryl methyl sites for hydroxylation is 2. The van der Waals surface area contributed by atoms with E-state index in [0.717, 1.165) is 12.8 Å². The van der Waals surface area contributed by atoms with E-state index in [-0.39, 0.29) is 40.1 Å². The normalized spacial score (nSPS) is 8.17. The molecule has 0 bridgehead atoms. The van der Waals surface area contributed by atoms with Gasteiger partial charge in [0.15, 0.2) is 0 Å². The van der Waals surface area contributed by atoms with Crippen LogP contribution < -0.4 is 0 Å². The van der Waals surface area contributed by atoms with E-state index in [1.807, 2.05) is 0 Å². The first-order valence-corrected chi connectivity index (χ1v) is 3.86. The van der Waals surface area contributed by atoms with Gasteiger partial charge in [0.1, 0.15) is 0 Å². The maximum Gasteiger partial charge on any atom is 0 e. The fourth-order valence-electron chi connectivity index (χ4n) is 0.929. The molecule has 1 radical (unpaired) electrons. The van der Waals surface area contributed by atoms with Gasteiger partial charge in [-0.25, -0.2) is 0 Å². The summed E-state index contributed by atoms with van der Waals surface area (Å²) in [6.07, 6.45) is 2.20. The molecular formula is C11H16Y-2. The number of benzene rings is 1. The topological polar surface area (TPSA) is 0 Å². The predicted octanol–water partition coefficient (Wildman–Crippen LogP) is 3.06. The number of rotatable bonds is 2. The van der Waals surface area contributed by atoms with Crippen LogP contribution in [0.4, 0.5) is 0 Å². The van der Waals surface area contributed by atoms with E-state index in [9.17, 15) is 0 Å². The summed E-state index contributed by atoms with van der Waals surface area (Å²) in [7, 11) is 0. The maximum absolute atomic E-state index is 3.24. The Kier molecular flexibility index (Phi) is 9.82. The summed E-state index contributed by atoms with van der Waals surface area (Å²) in [6, 6.07) is 9.65. The molecule has 0 spiro atoms. The summed E-state index contributed by atoms with van der Waals surface area (Å²) in [6.45, 7) is 4.31. The fourth-order valence-corrected chi connectivity index (χ4v) is 0.929. The largest absolute Gasteiger partial charge is 0.358 e. The van der Waals surface area contributed by atoms with Gasteiger partial charge in [-0.15, -0.1) is 0 Å². The molecule has 12 heavy (non-hydrogen) atoms. The van der Waals surface area contributed by atoms with Crippen molar-refractivity contribution in [3.05, 3.63) is 42.8 Å². The van der Waals surface area contributed by atoms with Gasteiger partial charge in [-0.3, -0.25) is 0 Å². The smallest absolute Gasteiger partial charge is 0 e. The molecule has 0 amide bonds. The molecule has 1 heteroatoms. The van der Waals surface area contributed by atoms with Crippen molar-refractivity contribution in [3.63, 3.8) is 0 Å². The molecule has 1 rings (SSSR count). The number of hydrogen-bond acceptors (Lipinski definition) is 0. The molecule has 0 heterocycles. The van der Waals surface area contributed by atoms with Gasteiger partial charge in [-0.05, 0) is 0 Å². The van der Waals surface area contributed by atoms with E-state index < -0.39 is 0 Å². The maximum atomic E-state index is 3.24. The Balaban J connectivity index is 0. The van der Waals surface area contributed by atoms with Crippen LogP contribution in [0.1, 0.15) is 25.0 Å². The average Bonchev–Trinajstić information content (AvgIpc) is 2.05. The zero-order valence-electron chi connectivity index (χ0n) is 8.22. The van der Waals surface area contributed by atoms with Gasteiger partial charge in [0.25, 0.3) is 0 Å². The molecule has 1 aromatic carbocycles. The van der Waals surface area contributed by atoms with Crippen LogP contribution in [0.5, 0.6) is 0 Å². The molecule has 0 saturated carbocycles. The summed E-state index contributed by atoms with van der Waals surface area (Å²) in [5.74, 6) is 0. The zero-order valence-corrected chi connectivity index (χ0v) is 11.1. The Labute approximate surface area is 102 Å². The first-order chi connectivity index (χ1) is 4.86. The van der Waals surface area contributed by atoms with E-state index in [1.165, 1.54) is 11.1 Å². The minimum absolute atomic E-state index is 0. The molecule has 0 aliphatic carbocycles. The third-order valence-electron chi connectivity index (χ3n) is 1.73. The molecule has 0 unspecified atom stereocenters. The Morgan fingerprint density at radius 1 is 1.17 bits per heavy atom. The average molecular weight is 237 g/mol. The van der Waals surface area contributed by atoms with Crippen molar-refractivity contribution in [1.29, 1.82) is 0 Å². The monoisotopic (exact) mass is 237 g/mol. The van der Waals surface area contributed by atoms with Crippen LogP contribution in [0.15, 0.2) is 18.2 Å². The van der Waals surface area contributed by atoms with Crippen molar-refractivity contribution in [2.45, 2.75) is 26.7 Å². The van der Waals surface area contributed by atoms with Crippen LogP contribution >= 0.6 is 0 Å². The summed E-state index contributed by atoms with van der Waals surface area (Å²) in [4.78, 5) is 0. The van der Waals surface area contributed by atoms with Crippen molar-refractivity contribution >= 4 is 0 Å². The van der Waals surface area contributed by atoms with Gasteiger partial charge in [0.2, 0.25) is 0 Å².